The van der Waals surface area contributed by atoms with E-state index in [4.69, 9.17) is 5.11 Å². The lowest BCUT2D eigenvalue weighted by Gasteiger charge is -2.31. The van der Waals surface area contributed by atoms with Gasteiger partial charge in [0.25, 0.3) is 0 Å². The minimum atomic E-state index is 0.200. The first-order valence-electron chi connectivity index (χ1n) is 6.43. The molecule has 1 rings (SSSR count). The largest absolute Gasteiger partial charge is 0.396 e. The fraction of sp³-hybridized carbons (Fsp3) is 0.643. The van der Waals surface area contributed by atoms with Crippen LogP contribution in [0.25, 0.3) is 0 Å². The first-order valence-corrected chi connectivity index (χ1v) is 6.43. The lowest BCUT2D eigenvalue weighted by Crippen LogP contribution is -2.29. The summed E-state index contributed by atoms with van der Waals surface area (Å²) in [6.07, 6.45) is 4.85. The maximum absolute atomic E-state index is 9.17. The van der Waals surface area contributed by atoms with Crippen LogP contribution in [-0.4, -0.2) is 23.2 Å². The Morgan fingerprint density at radius 2 is 2.06 bits per heavy atom. The molecule has 0 unspecified atom stereocenters. The van der Waals surface area contributed by atoms with Crippen LogP contribution in [0.1, 0.15) is 38.8 Å². The SMILES string of the molecule is CCC(CC)(CCO)CNc1ccnc(C)c1. The number of hydrogen-bond acceptors (Lipinski definition) is 3. The van der Waals surface area contributed by atoms with Gasteiger partial charge in [0.2, 0.25) is 0 Å². The summed E-state index contributed by atoms with van der Waals surface area (Å²) in [6, 6.07) is 4.04. The smallest absolute Gasteiger partial charge is 0.0436 e. The Kier molecular flexibility index (Phi) is 5.42. The molecule has 0 saturated carbocycles. The van der Waals surface area contributed by atoms with Crippen LogP contribution in [-0.2, 0) is 0 Å². The second-order valence-corrected chi connectivity index (χ2v) is 4.72. The second kappa shape index (κ2) is 6.60. The molecule has 17 heavy (non-hydrogen) atoms. The quantitative estimate of drug-likeness (QED) is 0.765. The minimum absolute atomic E-state index is 0.200. The molecule has 0 aromatic carbocycles. The number of aliphatic hydroxyl groups excluding tert-OH is 1. The van der Waals surface area contributed by atoms with E-state index in [9.17, 15) is 0 Å². The Labute approximate surface area is 104 Å². The van der Waals surface area contributed by atoms with E-state index in [0.29, 0.717) is 0 Å². The topological polar surface area (TPSA) is 45.1 Å². The predicted molar refractivity (Wildman–Crippen MR) is 72.2 cm³/mol. The Morgan fingerprint density at radius 1 is 1.35 bits per heavy atom. The van der Waals surface area contributed by atoms with Gasteiger partial charge in [-0.3, -0.25) is 4.98 Å². The lowest BCUT2D eigenvalue weighted by molar-refractivity contribution is 0.179. The average molecular weight is 236 g/mol. The van der Waals surface area contributed by atoms with Crippen LogP contribution in [0, 0.1) is 12.3 Å². The van der Waals surface area contributed by atoms with Crippen molar-refractivity contribution in [1.82, 2.24) is 4.98 Å². The maximum atomic E-state index is 9.17. The van der Waals surface area contributed by atoms with Crippen LogP contribution < -0.4 is 5.32 Å². The number of nitrogens with one attached hydrogen (secondary N) is 1. The minimum Gasteiger partial charge on any atom is -0.396 e. The Hall–Kier alpha value is -1.09. The van der Waals surface area contributed by atoms with Crippen LogP contribution in [0.4, 0.5) is 5.69 Å². The molecule has 3 nitrogen and oxygen atoms in total. The fourth-order valence-electron chi connectivity index (χ4n) is 2.12. The monoisotopic (exact) mass is 236 g/mol. The molecule has 0 bridgehead atoms. The van der Waals surface area contributed by atoms with E-state index >= 15 is 0 Å². The first-order chi connectivity index (χ1) is 8.15. The Morgan fingerprint density at radius 3 is 2.59 bits per heavy atom. The molecule has 0 saturated heterocycles. The Bertz CT molecular complexity index is 335. The number of anilines is 1. The van der Waals surface area contributed by atoms with E-state index in [1.807, 2.05) is 19.2 Å². The van der Waals surface area contributed by atoms with Crippen molar-refractivity contribution >= 4 is 5.69 Å². The van der Waals surface area contributed by atoms with Crippen molar-refractivity contribution in [3.8, 4) is 0 Å². The standard InChI is InChI=1S/C14H24N2O/c1-4-14(5-2,7-9-17)11-16-13-6-8-15-12(3)10-13/h6,8,10,17H,4-5,7,9,11H2,1-3H3,(H,15,16). The van der Waals surface area contributed by atoms with Crippen LogP contribution >= 0.6 is 0 Å². The highest BCUT2D eigenvalue weighted by atomic mass is 16.3. The molecule has 0 fully saturated rings. The number of pyridine rings is 1. The second-order valence-electron chi connectivity index (χ2n) is 4.72. The molecule has 1 heterocycles. The summed E-state index contributed by atoms with van der Waals surface area (Å²) in [4.78, 5) is 4.18. The van der Waals surface area contributed by atoms with Gasteiger partial charge in [0, 0.05) is 30.7 Å². The van der Waals surface area contributed by atoms with Crippen molar-refractivity contribution in [2.75, 3.05) is 18.5 Å². The van der Waals surface area contributed by atoms with Gasteiger partial charge < -0.3 is 10.4 Å². The number of rotatable bonds is 7. The normalized spacial score (nSPS) is 11.5. The summed E-state index contributed by atoms with van der Waals surface area (Å²) in [5, 5.41) is 12.6. The van der Waals surface area contributed by atoms with E-state index in [1.165, 1.54) is 0 Å². The average Bonchev–Trinajstić information content (AvgIpc) is 2.35. The third kappa shape index (κ3) is 4.00. The van der Waals surface area contributed by atoms with Crippen molar-refractivity contribution in [1.29, 1.82) is 0 Å². The summed E-state index contributed by atoms with van der Waals surface area (Å²) >= 11 is 0. The number of aromatic nitrogens is 1. The molecule has 0 radical (unpaired) electrons. The van der Waals surface area contributed by atoms with Crippen molar-refractivity contribution in [3.05, 3.63) is 24.0 Å². The molecular formula is C14H24N2O. The van der Waals surface area contributed by atoms with Crippen molar-refractivity contribution in [3.63, 3.8) is 0 Å². The summed E-state index contributed by atoms with van der Waals surface area (Å²) in [6.45, 7) is 7.55. The molecule has 3 heteroatoms. The molecule has 1 aromatic rings. The van der Waals surface area contributed by atoms with E-state index < -0.39 is 0 Å². The van der Waals surface area contributed by atoms with Crippen LogP contribution in [0.5, 0.6) is 0 Å². The molecule has 0 spiro atoms. The van der Waals surface area contributed by atoms with Crippen LogP contribution in [0.3, 0.4) is 0 Å². The van der Waals surface area contributed by atoms with Gasteiger partial charge in [-0.1, -0.05) is 13.8 Å². The van der Waals surface area contributed by atoms with Gasteiger partial charge in [0.1, 0.15) is 0 Å². The number of aliphatic hydroxyl groups is 1. The summed E-state index contributed by atoms with van der Waals surface area (Å²) < 4.78 is 0. The number of aryl methyl sites for hydroxylation is 1. The maximum Gasteiger partial charge on any atom is 0.0436 e. The van der Waals surface area contributed by atoms with Gasteiger partial charge in [0.05, 0.1) is 0 Å². The van der Waals surface area contributed by atoms with Gasteiger partial charge in [-0.05, 0) is 43.7 Å². The zero-order valence-electron chi connectivity index (χ0n) is 11.2. The van der Waals surface area contributed by atoms with Gasteiger partial charge in [0.15, 0.2) is 0 Å². The zero-order valence-corrected chi connectivity index (χ0v) is 11.2. The van der Waals surface area contributed by atoms with Gasteiger partial charge in [-0.25, -0.2) is 0 Å². The third-order valence-electron chi connectivity index (χ3n) is 3.71. The molecule has 0 aliphatic heterocycles. The van der Waals surface area contributed by atoms with Gasteiger partial charge in [-0.15, -0.1) is 0 Å². The van der Waals surface area contributed by atoms with Crippen molar-refractivity contribution < 1.29 is 5.11 Å². The fourth-order valence-corrected chi connectivity index (χ4v) is 2.12. The van der Waals surface area contributed by atoms with E-state index in [-0.39, 0.29) is 12.0 Å². The van der Waals surface area contributed by atoms with Gasteiger partial charge in [-0.2, -0.15) is 0 Å². The molecule has 0 amide bonds. The highest BCUT2D eigenvalue weighted by Gasteiger charge is 2.25. The number of hydrogen-bond donors (Lipinski definition) is 2. The lowest BCUT2D eigenvalue weighted by atomic mass is 9.79. The molecule has 0 aliphatic rings. The van der Waals surface area contributed by atoms with Crippen LogP contribution in [0.15, 0.2) is 18.3 Å². The highest BCUT2D eigenvalue weighted by molar-refractivity contribution is 5.43. The molecule has 96 valence electrons. The molecule has 0 aliphatic carbocycles. The van der Waals surface area contributed by atoms with Crippen molar-refractivity contribution in [2.24, 2.45) is 5.41 Å². The summed E-state index contributed by atoms with van der Waals surface area (Å²) in [5.74, 6) is 0. The molecule has 1 aromatic heterocycles. The molecule has 2 N–H and O–H groups in total. The van der Waals surface area contributed by atoms with Crippen molar-refractivity contribution in [2.45, 2.75) is 40.0 Å². The molecular weight excluding hydrogens is 212 g/mol. The van der Waals surface area contributed by atoms with E-state index in [2.05, 4.69) is 30.2 Å². The highest BCUT2D eigenvalue weighted by Crippen LogP contribution is 2.30. The third-order valence-corrected chi connectivity index (χ3v) is 3.71. The predicted octanol–water partition coefficient (Wildman–Crippen LogP) is 2.99. The summed E-state index contributed by atoms with van der Waals surface area (Å²) in [7, 11) is 0. The van der Waals surface area contributed by atoms with Crippen LogP contribution in [0.2, 0.25) is 0 Å². The summed E-state index contributed by atoms with van der Waals surface area (Å²) in [5.41, 5.74) is 2.34. The first kappa shape index (κ1) is 14.0. The molecule has 0 atom stereocenters. The zero-order chi connectivity index (χ0) is 12.7. The van der Waals surface area contributed by atoms with E-state index in [0.717, 1.165) is 37.2 Å². The van der Waals surface area contributed by atoms with E-state index in [1.54, 1.807) is 0 Å². The Balaban J connectivity index is 2.63. The number of nitrogens with zero attached hydrogens (tertiary/aromatic N) is 1. The van der Waals surface area contributed by atoms with Gasteiger partial charge >= 0.3 is 0 Å².